The number of anilines is 2. The van der Waals surface area contributed by atoms with E-state index in [1.165, 1.54) is 23.7 Å². The summed E-state index contributed by atoms with van der Waals surface area (Å²) in [7, 11) is 0. The highest BCUT2D eigenvalue weighted by atomic mass is 32.1. The van der Waals surface area contributed by atoms with Gasteiger partial charge >= 0.3 is 0 Å². The predicted octanol–water partition coefficient (Wildman–Crippen LogP) is 2.23. The highest BCUT2D eigenvalue weighted by Crippen LogP contribution is 2.21. The summed E-state index contributed by atoms with van der Waals surface area (Å²) < 4.78 is 0. The summed E-state index contributed by atoms with van der Waals surface area (Å²) in [6.07, 6.45) is 2.98. The molecule has 6 nitrogen and oxygen atoms in total. The van der Waals surface area contributed by atoms with Crippen LogP contribution in [0.2, 0.25) is 0 Å². The number of amides is 1. The van der Waals surface area contributed by atoms with E-state index in [-0.39, 0.29) is 11.6 Å². The molecule has 0 fully saturated rings. The zero-order valence-electron chi connectivity index (χ0n) is 11.0. The van der Waals surface area contributed by atoms with Crippen LogP contribution in [-0.2, 0) is 0 Å². The lowest BCUT2D eigenvalue weighted by Crippen LogP contribution is -2.14. The highest BCUT2D eigenvalue weighted by molar-refractivity contribution is 7.15. The van der Waals surface area contributed by atoms with Crippen LogP contribution in [0.15, 0.2) is 12.4 Å². The molecular weight excluding hydrogens is 262 g/mol. The molecule has 2 heterocycles. The number of carbonyl (C=O) groups is 1. The molecule has 0 aliphatic rings. The Morgan fingerprint density at radius 2 is 2.11 bits per heavy atom. The summed E-state index contributed by atoms with van der Waals surface area (Å²) in [4.78, 5) is 25.4. The Hall–Kier alpha value is -2.02. The normalized spacial score (nSPS) is 10.3. The van der Waals surface area contributed by atoms with Crippen molar-refractivity contribution in [2.24, 2.45) is 0 Å². The van der Waals surface area contributed by atoms with Gasteiger partial charge in [-0.1, -0.05) is 0 Å². The second kappa shape index (κ2) is 5.75. The second-order valence-corrected chi connectivity index (χ2v) is 5.14. The van der Waals surface area contributed by atoms with Gasteiger partial charge in [0.2, 0.25) is 0 Å². The van der Waals surface area contributed by atoms with Gasteiger partial charge in [0.25, 0.3) is 5.91 Å². The summed E-state index contributed by atoms with van der Waals surface area (Å²) in [5.41, 5.74) is 1.20. The number of nitrogens with one attached hydrogen (secondary N) is 2. The summed E-state index contributed by atoms with van der Waals surface area (Å²) in [5.74, 6) is 0.351. The van der Waals surface area contributed by atoms with E-state index in [0.717, 1.165) is 17.1 Å². The smallest absolute Gasteiger partial charge is 0.277 e. The maximum absolute atomic E-state index is 11.9. The van der Waals surface area contributed by atoms with E-state index < -0.39 is 0 Å². The van der Waals surface area contributed by atoms with Gasteiger partial charge in [0.1, 0.15) is 11.5 Å². The lowest BCUT2D eigenvalue weighted by molar-refractivity contribution is 0.102. The molecule has 1 amide bonds. The lowest BCUT2D eigenvalue weighted by atomic mass is 10.4. The number of carbonyl (C=O) groups excluding carboxylic acids is 1. The Morgan fingerprint density at radius 3 is 2.63 bits per heavy atom. The van der Waals surface area contributed by atoms with Crippen molar-refractivity contribution < 1.29 is 4.79 Å². The molecular formula is C12H15N5OS. The summed E-state index contributed by atoms with van der Waals surface area (Å²) in [6, 6.07) is 0. The fraction of sp³-hybridized carbons (Fsp3) is 0.333. The summed E-state index contributed by atoms with van der Waals surface area (Å²) >= 11 is 1.45. The van der Waals surface area contributed by atoms with Gasteiger partial charge in [-0.25, -0.2) is 15.0 Å². The monoisotopic (exact) mass is 277 g/mol. The number of nitrogens with zero attached hydrogens (tertiary/aromatic N) is 3. The van der Waals surface area contributed by atoms with Crippen LogP contribution < -0.4 is 10.6 Å². The number of hydrogen-bond donors (Lipinski definition) is 2. The fourth-order valence-electron chi connectivity index (χ4n) is 1.41. The molecule has 0 aliphatic carbocycles. The Kier molecular flexibility index (Phi) is 4.06. The maximum Gasteiger partial charge on any atom is 0.277 e. The Morgan fingerprint density at radius 1 is 1.32 bits per heavy atom. The first-order chi connectivity index (χ1) is 9.10. The molecule has 0 saturated carbocycles. The first-order valence-electron chi connectivity index (χ1n) is 5.91. The van der Waals surface area contributed by atoms with Gasteiger partial charge in [-0.2, -0.15) is 0 Å². The van der Waals surface area contributed by atoms with Gasteiger partial charge in [0.15, 0.2) is 5.13 Å². The standard InChI is InChI=1S/C12H15N5OS/c1-4-13-10-6-14-9(5-15-10)11(18)17-12-16-7(2)8(3)19-12/h5-6H,4H2,1-3H3,(H,13,15)(H,16,17,18). The highest BCUT2D eigenvalue weighted by Gasteiger charge is 2.11. The third-order valence-corrected chi connectivity index (χ3v) is 3.48. The topological polar surface area (TPSA) is 79.8 Å². The van der Waals surface area contributed by atoms with Gasteiger partial charge in [-0.05, 0) is 20.8 Å². The molecule has 7 heteroatoms. The minimum absolute atomic E-state index is 0.271. The van der Waals surface area contributed by atoms with Crippen LogP contribution in [0, 0.1) is 13.8 Å². The van der Waals surface area contributed by atoms with E-state index in [1.807, 2.05) is 20.8 Å². The number of rotatable bonds is 4. The molecule has 0 spiro atoms. The van der Waals surface area contributed by atoms with Crippen molar-refractivity contribution in [2.75, 3.05) is 17.2 Å². The van der Waals surface area contributed by atoms with Gasteiger partial charge in [-0.3, -0.25) is 10.1 Å². The number of thiazole rings is 1. The number of hydrogen-bond acceptors (Lipinski definition) is 6. The molecule has 2 aromatic heterocycles. The molecule has 2 rings (SSSR count). The predicted molar refractivity (Wildman–Crippen MR) is 75.7 cm³/mol. The summed E-state index contributed by atoms with van der Waals surface area (Å²) in [5, 5.41) is 6.32. The first kappa shape index (κ1) is 13.4. The van der Waals surface area contributed by atoms with Crippen molar-refractivity contribution in [2.45, 2.75) is 20.8 Å². The van der Waals surface area contributed by atoms with E-state index in [9.17, 15) is 4.79 Å². The van der Waals surface area contributed by atoms with Gasteiger partial charge < -0.3 is 5.32 Å². The van der Waals surface area contributed by atoms with Crippen LogP contribution >= 0.6 is 11.3 Å². The average molecular weight is 277 g/mol. The van der Waals surface area contributed by atoms with E-state index in [2.05, 4.69) is 25.6 Å². The molecule has 0 aromatic carbocycles. The molecule has 2 N–H and O–H groups in total. The van der Waals surface area contributed by atoms with Crippen LogP contribution in [0.25, 0.3) is 0 Å². The zero-order valence-corrected chi connectivity index (χ0v) is 11.8. The molecule has 0 atom stereocenters. The first-order valence-corrected chi connectivity index (χ1v) is 6.73. The largest absolute Gasteiger partial charge is 0.369 e. The zero-order chi connectivity index (χ0) is 13.8. The SMILES string of the molecule is CCNc1cnc(C(=O)Nc2nc(C)c(C)s2)cn1. The Bertz CT molecular complexity index is 559. The van der Waals surface area contributed by atoms with Gasteiger partial charge in [0.05, 0.1) is 18.1 Å². The molecule has 0 bridgehead atoms. The van der Waals surface area contributed by atoms with E-state index in [1.54, 1.807) is 0 Å². The third kappa shape index (κ3) is 3.25. The van der Waals surface area contributed by atoms with Crippen LogP contribution in [0.5, 0.6) is 0 Å². The Labute approximate surface area is 115 Å². The van der Waals surface area contributed by atoms with Crippen molar-refractivity contribution in [3.05, 3.63) is 28.7 Å². The van der Waals surface area contributed by atoms with E-state index in [4.69, 9.17) is 0 Å². The molecule has 0 aliphatic heterocycles. The summed E-state index contributed by atoms with van der Waals surface area (Å²) in [6.45, 7) is 6.60. The molecule has 2 aromatic rings. The molecule has 0 unspecified atom stereocenters. The third-order valence-electron chi connectivity index (χ3n) is 2.49. The molecule has 0 radical (unpaired) electrons. The van der Waals surface area contributed by atoms with Crippen LogP contribution in [-0.4, -0.2) is 27.4 Å². The minimum atomic E-state index is -0.302. The van der Waals surface area contributed by atoms with E-state index in [0.29, 0.717) is 10.9 Å². The second-order valence-electron chi connectivity index (χ2n) is 3.93. The van der Waals surface area contributed by atoms with Crippen LogP contribution in [0.1, 0.15) is 28.0 Å². The van der Waals surface area contributed by atoms with Gasteiger partial charge in [-0.15, -0.1) is 11.3 Å². The lowest BCUT2D eigenvalue weighted by Gasteiger charge is -2.03. The molecule has 0 saturated heterocycles. The van der Waals surface area contributed by atoms with Crippen LogP contribution in [0.3, 0.4) is 0 Å². The van der Waals surface area contributed by atoms with Crippen molar-refractivity contribution in [3.63, 3.8) is 0 Å². The minimum Gasteiger partial charge on any atom is -0.369 e. The van der Waals surface area contributed by atoms with Crippen molar-refractivity contribution >= 4 is 28.2 Å². The van der Waals surface area contributed by atoms with E-state index >= 15 is 0 Å². The van der Waals surface area contributed by atoms with Crippen molar-refractivity contribution in [3.8, 4) is 0 Å². The Balaban J connectivity index is 2.07. The number of aryl methyl sites for hydroxylation is 2. The quantitative estimate of drug-likeness (QED) is 0.896. The van der Waals surface area contributed by atoms with Gasteiger partial charge in [0, 0.05) is 11.4 Å². The van der Waals surface area contributed by atoms with Crippen molar-refractivity contribution in [1.29, 1.82) is 0 Å². The molecule has 19 heavy (non-hydrogen) atoms. The number of aromatic nitrogens is 3. The average Bonchev–Trinajstić information content (AvgIpc) is 2.69. The maximum atomic E-state index is 11.9. The molecule has 100 valence electrons. The fourth-order valence-corrected chi connectivity index (χ4v) is 2.21. The van der Waals surface area contributed by atoms with Crippen LogP contribution in [0.4, 0.5) is 10.9 Å². The van der Waals surface area contributed by atoms with Crippen molar-refractivity contribution in [1.82, 2.24) is 15.0 Å².